The molecule has 5 nitrogen and oxygen atoms in total. The van der Waals surface area contributed by atoms with Gasteiger partial charge in [0.1, 0.15) is 6.29 Å². The van der Waals surface area contributed by atoms with Crippen LogP contribution in [-0.2, 0) is 11.2 Å². The van der Waals surface area contributed by atoms with Crippen LogP contribution in [0.1, 0.15) is 12.5 Å². The van der Waals surface area contributed by atoms with E-state index < -0.39 is 0 Å². The van der Waals surface area contributed by atoms with Crippen molar-refractivity contribution in [3.63, 3.8) is 0 Å². The highest BCUT2D eigenvalue weighted by molar-refractivity contribution is 5.80. The van der Waals surface area contributed by atoms with Crippen LogP contribution in [0.4, 0.5) is 5.69 Å². The zero-order chi connectivity index (χ0) is 18.6. The molecular formula is C22H28N4O. The van der Waals surface area contributed by atoms with Gasteiger partial charge in [0.2, 0.25) is 5.91 Å². The maximum atomic E-state index is 12.8. The van der Waals surface area contributed by atoms with Gasteiger partial charge in [0.25, 0.3) is 0 Å². The van der Waals surface area contributed by atoms with Gasteiger partial charge >= 0.3 is 0 Å². The standard InChI is InChI=1S/C22H28N4O/c1-17-20(16-18-8-4-2-5-9-18)21(27)24-22(23-17)26-14-12-25(13-15-26)19-10-6-3-7-11-19/h2-11,17,20,22-23H,12-16H2,1H3,(H,24,27). The van der Waals surface area contributed by atoms with Crippen molar-refractivity contribution in [3.8, 4) is 0 Å². The normalized spacial score (nSPS) is 26.6. The number of nitrogens with zero attached hydrogens (tertiary/aromatic N) is 2. The fourth-order valence-electron chi connectivity index (χ4n) is 4.09. The lowest BCUT2D eigenvalue weighted by molar-refractivity contribution is -0.132. The Morgan fingerprint density at radius 3 is 2.19 bits per heavy atom. The number of anilines is 1. The third-order valence-corrected chi connectivity index (χ3v) is 5.74. The number of nitrogens with one attached hydrogen (secondary N) is 2. The Kier molecular flexibility index (Phi) is 5.41. The van der Waals surface area contributed by atoms with Gasteiger partial charge in [-0.2, -0.15) is 0 Å². The maximum Gasteiger partial charge on any atom is 0.227 e. The lowest BCUT2D eigenvalue weighted by Crippen LogP contribution is -2.69. The highest BCUT2D eigenvalue weighted by atomic mass is 16.2. The molecule has 3 atom stereocenters. The van der Waals surface area contributed by atoms with Crippen LogP contribution >= 0.6 is 0 Å². The SMILES string of the molecule is CC1NC(N2CCN(c3ccccc3)CC2)NC(=O)C1Cc1ccccc1. The Morgan fingerprint density at radius 2 is 1.56 bits per heavy atom. The molecule has 1 amide bonds. The summed E-state index contributed by atoms with van der Waals surface area (Å²) >= 11 is 0. The number of piperazine rings is 1. The molecule has 2 aliphatic rings. The Morgan fingerprint density at radius 1 is 0.926 bits per heavy atom. The average Bonchev–Trinajstić information content (AvgIpc) is 2.72. The van der Waals surface area contributed by atoms with Gasteiger partial charge in [-0.25, -0.2) is 0 Å². The monoisotopic (exact) mass is 364 g/mol. The van der Waals surface area contributed by atoms with E-state index in [1.807, 2.05) is 18.2 Å². The van der Waals surface area contributed by atoms with Gasteiger partial charge in [-0.15, -0.1) is 0 Å². The van der Waals surface area contributed by atoms with Crippen molar-refractivity contribution in [1.29, 1.82) is 0 Å². The summed E-state index contributed by atoms with van der Waals surface area (Å²) in [5.41, 5.74) is 2.48. The molecule has 2 saturated heterocycles. The van der Waals surface area contributed by atoms with Gasteiger partial charge in [-0.3, -0.25) is 15.0 Å². The zero-order valence-corrected chi connectivity index (χ0v) is 15.8. The topological polar surface area (TPSA) is 47.6 Å². The van der Waals surface area contributed by atoms with E-state index in [1.165, 1.54) is 11.3 Å². The quantitative estimate of drug-likeness (QED) is 0.872. The molecule has 2 heterocycles. The summed E-state index contributed by atoms with van der Waals surface area (Å²) in [4.78, 5) is 17.5. The van der Waals surface area contributed by atoms with Crippen molar-refractivity contribution in [2.75, 3.05) is 31.1 Å². The molecule has 142 valence electrons. The summed E-state index contributed by atoms with van der Waals surface area (Å²) in [6.07, 6.45) is 0.701. The maximum absolute atomic E-state index is 12.8. The third-order valence-electron chi connectivity index (χ3n) is 5.74. The highest BCUT2D eigenvalue weighted by Gasteiger charge is 2.36. The number of carbonyl (C=O) groups excluding carboxylic acids is 1. The molecule has 5 heteroatoms. The second-order valence-electron chi connectivity index (χ2n) is 7.52. The highest BCUT2D eigenvalue weighted by Crippen LogP contribution is 2.20. The first-order valence-electron chi connectivity index (χ1n) is 9.85. The molecule has 2 aromatic rings. The lowest BCUT2D eigenvalue weighted by Gasteiger charge is -2.45. The van der Waals surface area contributed by atoms with E-state index in [0.29, 0.717) is 0 Å². The van der Waals surface area contributed by atoms with Gasteiger partial charge in [0.05, 0.1) is 5.92 Å². The first kappa shape index (κ1) is 18.0. The Bertz CT molecular complexity index is 743. The fraction of sp³-hybridized carbons (Fsp3) is 0.409. The minimum atomic E-state index is -0.0718. The van der Waals surface area contributed by atoms with Crippen molar-refractivity contribution in [2.45, 2.75) is 25.7 Å². The summed E-state index contributed by atoms with van der Waals surface area (Å²) in [5, 5.41) is 6.82. The van der Waals surface area contributed by atoms with E-state index in [2.05, 4.69) is 69.8 Å². The van der Waals surface area contributed by atoms with E-state index in [4.69, 9.17) is 0 Å². The van der Waals surface area contributed by atoms with Crippen LogP contribution < -0.4 is 15.5 Å². The second-order valence-corrected chi connectivity index (χ2v) is 7.52. The first-order chi connectivity index (χ1) is 13.2. The van der Waals surface area contributed by atoms with Crippen LogP contribution in [0.3, 0.4) is 0 Å². The number of para-hydroxylation sites is 1. The summed E-state index contributed by atoms with van der Waals surface area (Å²) < 4.78 is 0. The predicted molar refractivity (Wildman–Crippen MR) is 108 cm³/mol. The Labute approximate surface area is 161 Å². The molecule has 0 aromatic heterocycles. The van der Waals surface area contributed by atoms with Gasteiger partial charge in [-0.05, 0) is 31.0 Å². The molecule has 27 heavy (non-hydrogen) atoms. The van der Waals surface area contributed by atoms with Crippen molar-refractivity contribution in [1.82, 2.24) is 15.5 Å². The van der Waals surface area contributed by atoms with Crippen LogP contribution in [0.5, 0.6) is 0 Å². The zero-order valence-electron chi connectivity index (χ0n) is 15.8. The second kappa shape index (κ2) is 8.11. The average molecular weight is 364 g/mol. The van der Waals surface area contributed by atoms with E-state index in [1.54, 1.807) is 0 Å². The number of amides is 1. The van der Waals surface area contributed by atoms with Crippen molar-refractivity contribution >= 4 is 11.6 Å². The molecule has 2 fully saturated rings. The van der Waals surface area contributed by atoms with E-state index in [9.17, 15) is 4.79 Å². The smallest absolute Gasteiger partial charge is 0.227 e. The molecule has 3 unspecified atom stereocenters. The van der Waals surface area contributed by atoms with Crippen molar-refractivity contribution < 1.29 is 4.79 Å². The van der Waals surface area contributed by atoms with Crippen LogP contribution in [0.2, 0.25) is 0 Å². The van der Waals surface area contributed by atoms with Crippen LogP contribution in [0, 0.1) is 5.92 Å². The predicted octanol–water partition coefficient (Wildman–Crippen LogP) is 2.06. The van der Waals surface area contributed by atoms with Crippen molar-refractivity contribution in [2.24, 2.45) is 5.92 Å². The van der Waals surface area contributed by atoms with E-state index in [0.717, 1.165) is 32.6 Å². The van der Waals surface area contributed by atoms with Crippen LogP contribution in [0.25, 0.3) is 0 Å². The molecule has 0 saturated carbocycles. The molecule has 4 rings (SSSR count). The largest absolute Gasteiger partial charge is 0.369 e. The van der Waals surface area contributed by atoms with Crippen LogP contribution in [-0.4, -0.2) is 49.3 Å². The first-order valence-corrected chi connectivity index (χ1v) is 9.85. The molecule has 2 N–H and O–H groups in total. The molecule has 2 aliphatic heterocycles. The molecule has 0 bridgehead atoms. The van der Waals surface area contributed by atoms with Gasteiger partial charge in [0, 0.05) is 37.9 Å². The fourth-order valence-corrected chi connectivity index (χ4v) is 4.09. The lowest BCUT2D eigenvalue weighted by atomic mass is 9.90. The minimum absolute atomic E-state index is 0.0331. The van der Waals surface area contributed by atoms with Gasteiger partial charge < -0.3 is 10.2 Å². The summed E-state index contributed by atoms with van der Waals surface area (Å²) in [7, 11) is 0. The van der Waals surface area contributed by atoms with Crippen LogP contribution in [0.15, 0.2) is 60.7 Å². The van der Waals surface area contributed by atoms with Gasteiger partial charge in [0.15, 0.2) is 0 Å². The molecule has 2 aromatic carbocycles. The number of carbonyl (C=O) groups is 1. The molecule has 0 spiro atoms. The van der Waals surface area contributed by atoms with Gasteiger partial charge in [-0.1, -0.05) is 48.5 Å². The molecule has 0 aliphatic carbocycles. The number of hydrogen-bond donors (Lipinski definition) is 2. The van der Waals surface area contributed by atoms with Crippen molar-refractivity contribution in [3.05, 3.63) is 66.2 Å². The summed E-state index contributed by atoms with van der Waals surface area (Å²) in [6.45, 7) is 5.94. The molecule has 0 radical (unpaired) electrons. The number of rotatable bonds is 4. The number of hydrogen-bond acceptors (Lipinski definition) is 4. The minimum Gasteiger partial charge on any atom is -0.369 e. The van der Waals surface area contributed by atoms with E-state index >= 15 is 0 Å². The Hall–Kier alpha value is -2.37. The Balaban J connectivity index is 1.33. The summed E-state index contributed by atoms with van der Waals surface area (Å²) in [6, 6.07) is 20.9. The molecular weight excluding hydrogens is 336 g/mol. The third kappa shape index (κ3) is 4.15. The number of benzene rings is 2. The summed E-state index contributed by atoms with van der Waals surface area (Å²) in [5.74, 6) is 0.120. The van der Waals surface area contributed by atoms with E-state index in [-0.39, 0.29) is 24.2 Å².